The fraction of sp³-hybridized carbons (Fsp3) is 0.368. The van der Waals surface area contributed by atoms with E-state index in [0.717, 1.165) is 5.69 Å². The van der Waals surface area contributed by atoms with Crippen molar-refractivity contribution in [2.45, 2.75) is 19.7 Å². The average Bonchev–Trinajstić information content (AvgIpc) is 2.59. The maximum atomic E-state index is 13.8. The molecule has 26 heavy (non-hydrogen) atoms. The highest BCUT2D eigenvalue weighted by molar-refractivity contribution is 7.67. The molecule has 0 unspecified atom stereocenters. The third-order valence-corrected chi connectivity index (χ3v) is 6.92. The van der Waals surface area contributed by atoms with E-state index >= 15 is 0 Å². The molecule has 2 aromatic rings. The number of aliphatic hydroxyl groups excluding tert-OH is 1. The van der Waals surface area contributed by atoms with E-state index in [1.54, 1.807) is 24.3 Å². The molecule has 0 bridgehead atoms. The van der Waals surface area contributed by atoms with Gasteiger partial charge in [-0.1, -0.05) is 43.1 Å². The first kappa shape index (κ1) is 21.3. The molecule has 2 aromatic carbocycles. The Morgan fingerprint density at radius 1 is 1.12 bits per heavy atom. The summed E-state index contributed by atoms with van der Waals surface area (Å²) < 4.78 is 19.5. The van der Waals surface area contributed by atoms with Crippen LogP contribution in [0.15, 0.2) is 42.5 Å². The van der Waals surface area contributed by atoms with Gasteiger partial charge in [-0.05, 0) is 42.3 Å². The lowest BCUT2D eigenvalue weighted by molar-refractivity contribution is 0.203. The van der Waals surface area contributed by atoms with Crippen LogP contribution in [0.4, 0.5) is 5.69 Å². The second-order valence-electron chi connectivity index (χ2n) is 6.74. The number of hydrogen-bond donors (Lipinski definition) is 1. The van der Waals surface area contributed by atoms with Crippen LogP contribution in [0.25, 0.3) is 0 Å². The Hall–Kier alpha value is -1.03. The van der Waals surface area contributed by atoms with Crippen molar-refractivity contribution < 1.29 is 14.2 Å². The van der Waals surface area contributed by atoms with Crippen molar-refractivity contribution in [1.29, 1.82) is 0 Å². The summed E-state index contributed by atoms with van der Waals surface area (Å²) in [4.78, 5) is 1.94. The molecule has 2 atom stereocenters. The molecular formula is C19H24Cl2NO3P. The van der Waals surface area contributed by atoms with Gasteiger partial charge >= 0.3 is 0 Å². The third kappa shape index (κ3) is 4.82. The summed E-state index contributed by atoms with van der Waals surface area (Å²) in [6, 6.07) is 11.8. The normalized spacial score (nSPS) is 14.9. The van der Waals surface area contributed by atoms with E-state index in [0.29, 0.717) is 15.9 Å². The quantitative estimate of drug-likeness (QED) is 0.621. The molecule has 0 aliphatic heterocycles. The highest BCUT2D eigenvalue weighted by Crippen LogP contribution is 2.59. The molecule has 0 amide bonds. The second kappa shape index (κ2) is 8.77. The summed E-state index contributed by atoms with van der Waals surface area (Å²) in [7, 11) is 0.224. The first-order valence-electron chi connectivity index (χ1n) is 8.30. The Labute approximate surface area is 165 Å². The lowest BCUT2D eigenvalue weighted by atomic mass is 10.2. The Balaban J connectivity index is 2.48. The minimum absolute atomic E-state index is 0.164. The van der Waals surface area contributed by atoms with Gasteiger partial charge in [0.05, 0.1) is 6.61 Å². The van der Waals surface area contributed by atoms with E-state index in [4.69, 9.17) is 27.7 Å². The van der Waals surface area contributed by atoms with Crippen molar-refractivity contribution in [3.05, 3.63) is 58.1 Å². The first-order valence-corrected chi connectivity index (χ1v) is 10.8. The highest BCUT2D eigenvalue weighted by atomic mass is 35.5. The van der Waals surface area contributed by atoms with E-state index in [-0.39, 0.29) is 17.5 Å². The Bertz CT molecular complexity index is 794. The molecular weight excluding hydrogens is 392 g/mol. The number of rotatable bonds is 7. The molecule has 4 nitrogen and oxygen atoms in total. The summed E-state index contributed by atoms with van der Waals surface area (Å²) in [5.41, 5.74) is 1.29. The van der Waals surface area contributed by atoms with Crippen LogP contribution in [0.1, 0.15) is 25.3 Å². The highest BCUT2D eigenvalue weighted by Gasteiger charge is 2.37. The summed E-state index contributed by atoms with van der Waals surface area (Å²) in [5.74, 6) is -1.21. The molecule has 1 N–H and O–H groups in total. The van der Waals surface area contributed by atoms with Gasteiger partial charge in [-0.25, -0.2) is 0 Å². The zero-order valence-corrected chi connectivity index (χ0v) is 17.7. The number of halogens is 2. The van der Waals surface area contributed by atoms with Crippen LogP contribution in [0.3, 0.4) is 0 Å². The monoisotopic (exact) mass is 415 g/mol. The SMILES string of the molecule is CC(C)CO[P@@](=O)(c1ccc(N(C)C)cc1)[C@H](O)c1ccc(Cl)cc1Cl. The van der Waals surface area contributed by atoms with E-state index in [1.807, 2.05) is 45.0 Å². The molecule has 0 spiro atoms. The summed E-state index contributed by atoms with van der Waals surface area (Å²) in [5, 5.41) is 12.1. The molecule has 0 aliphatic carbocycles. The lowest BCUT2D eigenvalue weighted by Gasteiger charge is -2.26. The van der Waals surface area contributed by atoms with Gasteiger partial charge in [0.25, 0.3) is 7.37 Å². The summed E-state index contributed by atoms with van der Waals surface area (Å²) in [6.45, 7) is 4.18. The van der Waals surface area contributed by atoms with Gasteiger partial charge in [-0.15, -0.1) is 0 Å². The van der Waals surface area contributed by atoms with Crippen molar-refractivity contribution in [3.63, 3.8) is 0 Å². The topological polar surface area (TPSA) is 49.8 Å². The maximum absolute atomic E-state index is 13.8. The van der Waals surface area contributed by atoms with Gasteiger partial charge in [0, 0.05) is 40.7 Å². The predicted molar refractivity (Wildman–Crippen MR) is 110 cm³/mol. The van der Waals surface area contributed by atoms with Crippen LogP contribution in [-0.2, 0) is 9.09 Å². The number of nitrogens with zero attached hydrogens (tertiary/aromatic N) is 1. The van der Waals surface area contributed by atoms with Crippen molar-refractivity contribution in [3.8, 4) is 0 Å². The smallest absolute Gasteiger partial charge is 0.264 e. The van der Waals surface area contributed by atoms with Gasteiger partial charge in [-0.3, -0.25) is 4.57 Å². The second-order valence-corrected chi connectivity index (χ2v) is 10.0. The van der Waals surface area contributed by atoms with Crippen molar-refractivity contribution in [1.82, 2.24) is 0 Å². The number of anilines is 1. The maximum Gasteiger partial charge on any atom is 0.264 e. The number of aliphatic hydroxyl groups is 1. The minimum atomic E-state index is -3.62. The van der Waals surface area contributed by atoms with Gasteiger partial charge in [0.2, 0.25) is 0 Å². The zero-order chi connectivity index (χ0) is 19.5. The zero-order valence-electron chi connectivity index (χ0n) is 15.3. The van der Waals surface area contributed by atoms with Crippen LogP contribution in [0.5, 0.6) is 0 Å². The van der Waals surface area contributed by atoms with Gasteiger partial charge in [0.15, 0.2) is 5.85 Å². The largest absolute Gasteiger partial charge is 0.378 e. The van der Waals surface area contributed by atoms with Crippen LogP contribution in [0.2, 0.25) is 10.0 Å². The fourth-order valence-corrected chi connectivity index (χ4v) is 5.23. The lowest BCUT2D eigenvalue weighted by Crippen LogP contribution is -2.17. The Kier molecular flexibility index (Phi) is 7.18. The molecule has 142 valence electrons. The molecule has 7 heteroatoms. The molecule has 0 saturated carbocycles. The van der Waals surface area contributed by atoms with Crippen LogP contribution < -0.4 is 10.2 Å². The van der Waals surface area contributed by atoms with Crippen LogP contribution >= 0.6 is 30.6 Å². The molecule has 0 heterocycles. The average molecular weight is 416 g/mol. The van der Waals surface area contributed by atoms with Gasteiger partial charge in [-0.2, -0.15) is 0 Å². The minimum Gasteiger partial charge on any atom is -0.378 e. The number of benzene rings is 2. The molecule has 2 rings (SSSR count). The van der Waals surface area contributed by atoms with E-state index in [9.17, 15) is 9.67 Å². The first-order chi connectivity index (χ1) is 12.1. The van der Waals surface area contributed by atoms with Crippen LogP contribution in [-0.4, -0.2) is 25.8 Å². The molecule has 0 fully saturated rings. The van der Waals surface area contributed by atoms with E-state index in [1.165, 1.54) is 6.07 Å². The van der Waals surface area contributed by atoms with Gasteiger partial charge in [0.1, 0.15) is 0 Å². The van der Waals surface area contributed by atoms with E-state index < -0.39 is 13.2 Å². The predicted octanol–water partition coefficient (Wildman–Crippen LogP) is 5.33. The standard InChI is InChI=1S/C19H24Cl2NO3P/c1-13(2)12-25-26(24,16-8-6-15(7-9-16)22(3)4)19(23)17-10-5-14(20)11-18(17)21/h5-11,13,19,23H,12H2,1-4H3/t19-,26-/m0/s1. The van der Waals surface area contributed by atoms with E-state index in [2.05, 4.69) is 0 Å². The molecule has 0 saturated heterocycles. The van der Waals surface area contributed by atoms with Gasteiger partial charge < -0.3 is 14.5 Å². The summed E-state index contributed by atoms with van der Waals surface area (Å²) >= 11 is 12.2. The van der Waals surface area contributed by atoms with Crippen molar-refractivity contribution in [2.24, 2.45) is 5.92 Å². The molecule has 0 aliphatic rings. The van der Waals surface area contributed by atoms with Crippen molar-refractivity contribution >= 4 is 41.6 Å². The van der Waals surface area contributed by atoms with Crippen molar-refractivity contribution in [2.75, 3.05) is 25.6 Å². The Morgan fingerprint density at radius 3 is 2.23 bits per heavy atom. The third-order valence-electron chi connectivity index (χ3n) is 3.89. The summed E-state index contributed by atoms with van der Waals surface area (Å²) in [6.07, 6.45) is 0. The molecule has 0 radical (unpaired) electrons. The Morgan fingerprint density at radius 2 is 1.73 bits per heavy atom. The van der Waals surface area contributed by atoms with Crippen LogP contribution in [0, 0.1) is 5.92 Å². The fourth-order valence-electron chi connectivity index (χ4n) is 2.40. The molecule has 0 aromatic heterocycles. The number of hydrogen-bond acceptors (Lipinski definition) is 4.